The maximum absolute atomic E-state index is 9.10. The molecule has 0 saturated carbocycles. The van der Waals surface area contributed by atoms with E-state index >= 15 is 0 Å². The van der Waals surface area contributed by atoms with Crippen LogP contribution >= 0.6 is 0 Å². The molecule has 1 unspecified atom stereocenters. The lowest BCUT2D eigenvalue weighted by atomic mass is 10.1. The Bertz CT molecular complexity index is 215. The van der Waals surface area contributed by atoms with Crippen LogP contribution in [0.15, 0.2) is 11.5 Å². The summed E-state index contributed by atoms with van der Waals surface area (Å²) in [7, 11) is -1.34. The van der Waals surface area contributed by atoms with Gasteiger partial charge in [-0.05, 0) is 13.8 Å². The second-order valence-electron chi connectivity index (χ2n) is 4.32. The lowest BCUT2D eigenvalue weighted by Gasteiger charge is -2.47. The van der Waals surface area contributed by atoms with Gasteiger partial charge in [0.25, 0.3) is 5.95 Å². The molecule has 3 heteroatoms. The number of ether oxygens (including phenoxy) is 1. The zero-order valence-corrected chi connectivity index (χ0v) is 8.86. The van der Waals surface area contributed by atoms with Crippen molar-refractivity contribution >= 4 is 8.07 Å². The number of aliphatic hydroxyl groups is 1. The Morgan fingerprint density at radius 1 is 1.36 bits per heavy atom. The number of rotatable bonds is 1. The van der Waals surface area contributed by atoms with Crippen LogP contribution in [0.4, 0.5) is 0 Å². The van der Waals surface area contributed by atoms with Gasteiger partial charge in [-0.25, -0.2) is 0 Å². The van der Waals surface area contributed by atoms with Gasteiger partial charge in [0.2, 0.25) is 0 Å². The summed E-state index contributed by atoms with van der Waals surface area (Å²) in [5.74, 6) is 0.134. The van der Waals surface area contributed by atoms with Crippen LogP contribution in [0.1, 0.15) is 13.8 Å². The second-order valence-corrected chi connectivity index (χ2v) is 9.77. The molecule has 1 atom stereocenters. The molecule has 11 heavy (non-hydrogen) atoms. The predicted octanol–water partition coefficient (Wildman–Crippen LogP) is 2.44. The minimum atomic E-state index is -1.34. The van der Waals surface area contributed by atoms with Gasteiger partial charge in [0.05, 0.1) is 0 Å². The first-order valence-electron chi connectivity index (χ1n) is 3.88. The predicted molar refractivity (Wildman–Crippen MR) is 48.2 cm³/mol. The Balaban J connectivity index is 2.93. The van der Waals surface area contributed by atoms with Crippen molar-refractivity contribution < 1.29 is 9.84 Å². The Labute approximate surface area is 68.9 Å². The first-order valence-corrected chi connectivity index (χ1v) is 7.38. The fourth-order valence-electron chi connectivity index (χ4n) is 1.22. The lowest BCUT2D eigenvalue weighted by molar-refractivity contribution is -0.0317. The zero-order chi connectivity index (χ0) is 8.86. The summed E-state index contributed by atoms with van der Waals surface area (Å²) in [5, 5.41) is 8.95. The van der Waals surface area contributed by atoms with Gasteiger partial charge in [-0.3, -0.25) is 0 Å². The zero-order valence-electron chi connectivity index (χ0n) is 7.86. The van der Waals surface area contributed by atoms with Crippen molar-refractivity contribution in [2.75, 3.05) is 0 Å². The van der Waals surface area contributed by atoms with E-state index in [0.29, 0.717) is 0 Å². The summed E-state index contributed by atoms with van der Waals surface area (Å²) in [6.45, 7) is 10.7. The van der Waals surface area contributed by atoms with E-state index in [4.69, 9.17) is 9.84 Å². The van der Waals surface area contributed by atoms with Crippen molar-refractivity contribution in [1.82, 2.24) is 0 Å². The smallest absolute Gasteiger partial charge is 0.279 e. The molecule has 1 aliphatic rings. The lowest BCUT2D eigenvalue weighted by Crippen LogP contribution is -2.57. The summed E-state index contributed by atoms with van der Waals surface area (Å²) in [6.07, 6.45) is 0. The van der Waals surface area contributed by atoms with E-state index in [-0.39, 0.29) is 11.2 Å². The Kier molecular flexibility index (Phi) is 1.60. The summed E-state index contributed by atoms with van der Waals surface area (Å²) in [4.78, 5) is 0. The van der Waals surface area contributed by atoms with E-state index < -0.39 is 8.07 Å². The van der Waals surface area contributed by atoms with E-state index in [0.717, 1.165) is 5.57 Å². The Morgan fingerprint density at radius 2 is 1.82 bits per heavy atom. The van der Waals surface area contributed by atoms with Crippen molar-refractivity contribution in [3.05, 3.63) is 11.5 Å². The molecule has 0 aromatic rings. The van der Waals surface area contributed by atoms with E-state index in [1.807, 2.05) is 6.92 Å². The van der Waals surface area contributed by atoms with E-state index in [2.05, 4.69) is 26.6 Å². The maximum atomic E-state index is 9.10. The molecule has 0 aromatic carbocycles. The Hall–Kier alpha value is -0.443. The fraction of sp³-hybridized carbons (Fsp3) is 0.750. The standard InChI is InChI=1S/C8H16O2Si/c1-6-7(9)10-8(6,2)11(3,4)5/h9H,1-5H3. The van der Waals surface area contributed by atoms with Gasteiger partial charge in [0.15, 0.2) is 0 Å². The molecule has 1 heterocycles. The van der Waals surface area contributed by atoms with Crippen LogP contribution in [0, 0.1) is 0 Å². The highest BCUT2D eigenvalue weighted by atomic mass is 28.3. The van der Waals surface area contributed by atoms with Crippen molar-refractivity contribution in [3.8, 4) is 0 Å². The molecule has 0 aromatic heterocycles. The van der Waals surface area contributed by atoms with Gasteiger partial charge >= 0.3 is 0 Å². The largest absolute Gasteiger partial charge is 0.481 e. The highest BCUT2D eigenvalue weighted by Gasteiger charge is 2.51. The number of hydrogen-bond donors (Lipinski definition) is 1. The highest BCUT2D eigenvalue weighted by Crippen LogP contribution is 2.42. The number of aliphatic hydroxyl groups excluding tert-OH is 1. The molecule has 64 valence electrons. The van der Waals surface area contributed by atoms with Gasteiger partial charge in [0, 0.05) is 5.57 Å². The monoisotopic (exact) mass is 172 g/mol. The molecule has 0 spiro atoms. The Morgan fingerprint density at radius 3 is 1.91 bits per heavy atom. The molecule has 0 aliphatic carbocycles. The first kappa shape index (κ1) is 8.65. The topological polar surface area (TPSA) is 29.5 Å². The van der Waals surface area contributed by atoms with Crippen LogP contribution in [0.25, 0.3) is 0 Å². The van der Waals surface area contributed by atoms with Crippen LogP contribution in [-0.2, 0) is 4.74 Å². The first-order chi connectivity index (χ1) is 4.79. The van der Waals surface area contributed by atoms with Gasteiger partial charge < -0.3 is 9.84 Å². The molecule has 1 N–H and O–H groups in total. The van der Waals surface area contributed by atoms with Crippen LogP contribution in [-0.4, -0.2) is 18.4 Å². The van der Waals surface area contributed by atoms with Crippen LogP contribution in [0.2, 0.25) is 19.6 Å². The average Bonchev–Trinajstić information content (AvgIpc) is 1.85. The van der Waals surface area contributed by atoms with Crippen LogP contribution in [0.5, 0.6) is 0 Å². The molecule has 0 radical (unpaired) electrons. The molecule has 0 amide bonds. The molecular weight excluding hydrogens is 156 g/mol. The third-order valence-electron chi connectivity index (χ3n) is 2.77. The molecule has 0 saturated heterocycles. The van der Waals surface area contributed by atoms with Gasteiger partial charge in [-0.15, -0.1) is 0 Å². The molecule has 1 aliphatic heterocycles. The van der Waals surface area contributed by atoms with E-state index in [9.17, 15) is 0 Å². The number of hydrogen-bond acceptors (Lipinski definition) is 2. The summed E-state index contributed by atoms with van der Waals surface area (Å²) in [6, 6.07) is 0. The van der Waals surface area contributed by atoms with Gasteiger partial charge in [-0.1, -0.05) is 19.6 Å². The van der Waals surface area contributed by atoms with Crippen LogP contribution in [0.3, 0.4) is 0 Å². The fourth-order valence-corrected chi connectivity index (χ4v) is 2.85. The van der Waals surface area contributed by atoms with Crippen molar-refractivity contribution in [2.45, 2.75) is 38.7 Å². The minimum Gasteiger partial charge on any atom is -0.481 e. The second kappa shape index (κ2) is 2.03. The van der Waals surface area contributed by atoms with E-state index in [1.165, 1.54) is 0 Å². The SMILES string of the molecule is CC1=C(O)OC1(C)[Si](C)(C)C. The molecular formula is C8H16O2Si. The average molecular weight is 172 g/mol. The molecule has 0 bridgehead atoms. The van der Waals surface area contributed by atoms with Crippen molar-refractivity contribution in [3.63, 3.8) is 0 Å². The third kappa shape index (κ3) is 0.983. The van der Waals surface area contributed by atoms with Gasteiger partial charge in [-0.2, -0.15) is 0 Å². The normalized spacial score (nSPS) is 31.4. The molecule has 1 rings (SSSR count). The minimum absolute atomic E-state index is 0.134. The highest BCUT2D eigenvalue weighted by molar-refractivity contribution is 6.79. The quantitative estimate of drug-likeness (QED) is 0.616. The van der Waals surface area contributed by atoms with E-state index in [1.54, 1.807) is 0 Å². The summed E-state index contributed by atoms with van der Waals surface area (Å²) < 4.78 is 5.30. The van der Waals surface area contributed by atoms with Gasteiger partial charge in [0.1, 0.15) is 13.3 Å². The van der Waals surface area contributed by atoms with Crippen LogP contribution < -0.4 is 0 Å². The summed E-state index contributed by atoms with van der Waals surface area (Å²) >= 11 is 0. The maximum Gasteiger partial charge on any atom is 0.279 e. The third-order valence-corrected chi connectivity index (χ3v) is 6.11. The van der Waals surface area contributed by atoms with Crippen molar-refractivity contribution in [2.24, 2.45) is 0 Å². The molecule has 0 fully saturated rings. The molecule has 2 nitrogen and oxygen atoms in total. The summed E-state index contributed by atoms with van der Waals surface area (Å²) in [5.41, 5.74) is 1.01. The van der Waals surface area contributed by atoms with Crippen molar-refractivity contribution in [1.29, 1.82) is 0 Å².